The van der Waals surface area contributed by atoms with Gasteiger partial charge in [0.1, 0.15) is 46.9 Å². The molecule has 4 aromatic rings. The molecular weight excluding hydrogens is 958 g/mol. The Morgan fingerprint density at radius 2 is 1.30 bits per heavy atom. The number of anilines is 1. The van der Waals surface area contributed by atoms with Gasteiger partial charge in [0.05, 0.1) is 25.9 Å². The summed E-state index contributed by atoms with van der Waals surface area (Å²) in [7, 11) is 0. The molecule has 3 aromatic carbocycles. The van der Waals surface area contributed by atoms with Gasteiger partial charge in [-0.05, 0) is 77.6 Å². The van der Waals surface area contributed by atoms with E-state index in [-0.39, 0.29) is 31.2 Å². The molecule has 19 nitrogen and oxygen atoms in total. The fourth-order valence-electron chi connectivity index (χ4n) is 7.89. The standard InChI is InChI=1S/C54H66FN7O12/c1-33(63)57-39(29-45(64)65)50(69)61-41(31-47(67)74-54(5,6)7)51(70)60-40(30-46(66)73-53(2,3)4)49(68)56-24-16-8-9-17-25-72-44-23-22-35(26-37(44)55)28-42-52(71)62-32-43(36-20-14-11-15-21-36)58-38(48(62)59-42)27-34-18-12-10-13-19-34/h10-15,18-23,26,32,39-42H,8-9,16-17,24-25,27-31H2,1-7H3,(H5,56,57,60,61,63,64,65,68,69,70)/p+1. The van der Waals surface area contributed by atoms with Crippen molar-refractivity contribution >= 4 is 53.3 Å². The van der Waals surface area contributed by atoms with Crippen LogP contribution in [0.3, 0.4) is 0 Å². The molecular formula is C54H67FN7O12+. The van der Waals surface area contributed by atoms with Crippen LogP contribution in [0.2, 0.25) is 0 Å². The van der Waals surface area contributed by atoms with Crippen molar-refractivity contribution in [1.29, 1.82) is 0 Å². The highest BCUT2D eigenvalue weighted by atomic mass is 19.1. The van der Waals surface area contributed by atoms with Gasteiger partial charge in [-0.1, -0.05) is 79.6 Å². The minimum absolute atomic E-state index is 0.0602. The molecule has 0 bridgehead atoms. The smallest absolute Gasteiger partial charge is 0.359 e. The maximum Gasteiger partial charge on any atom is 0.359 e. The second-order valence-electron chi connectivity index (χ2n) is 19.9. The second kappa shape index (κ2) is 26.3. The number of nitrogens with one attached hydrogen (secondary N) is 5. The number of carbonyl (C=O) groups is 8. The van der Waals surface area contributed by atoms with Gasteiger partial charge in [0.25, 0.3) is 0 Å². The van der Waals surface area contributed by atoms with Crippen molar-refractivity contribution in [3.63, 3.8) is 0 Å². The summed E-state index contributed by atoms with van der Waals surface area (Å²) in [5.74, 6) is -6.96. The number of aromatic nitrogens is 2. The van der Waals surface area contributed by atoms with Crippen molar-refractivity contribution < 1.29 is 66.6 Å². The number of carboxylic acids is 1. The molecule has 1 aliphatic rings. The molecule has 20 heteroatoms. The van der Waals surface area contributed by atoms with Crippen LogP contribution in [-0.2, 0) is 55.9 Å². The highest BCUT2D eigenvalue weighted by molar-refractivity contribution is 5.97. The number of amides is 4. The van der Waals surface area contributed by atoms with Crippen LogP contribution in [0.1, 0.15) is 115 Å². The van der Waals surface area contributed by atoms with Crippen molar-refractivity contribution in [2.75, 3.05) is 18.5 Å². The van der Waals surface area contributed by atoms with Crippen LogP contribution in [0.5, 0.6) is 5.75 Å². The first-order valence-electron chi connectivity index (χ1n) is 24.5. The van der Waals surface area contributed by atoms with Gasteiger partial charge in [0, 0.05) is 31.9 Å². The molecule has 0 fully saturated rings. The van der Waals surface area contributed by atoms with Crippen LogP contribution < -0.4 is 35.9 Å². The lowest BCUT2D eigenvalue weighted by molar-refractivity contribution is -0.552. The maximum atomic E-state index is 15.4. The van der Waals surface area contributed by atoms with E-state index in [0.29, 0.717) is 54.9 Å². The number of hydrogen-bond acceptors (Lipinski definition) is 13. The Bertz CT molecular complexity index is 2640. The third kappa shape index (κ3) is 18.4. The number of halogens is 1. The molecule has 0 saturated heterocycles. The fourth-order valence-corrected chi connectivity index (χ4v) is 7.89. The van der Waals surface area contributed by atoms with Gasteiger partial charge in [-0.3, -0.25) is 38.9 Å². The zero-order chi connectivity index (χ0) is 54.2. The summed E-state index contributed by atoms with van der Waals surface area (Å²) in [4.78, 5) is 108. The van der Waals surface area contributed by atoms with Gasteiger partial charge in [0.15, 0.2) is 17.6 Å². The van der Waals surface area contributed by atoms with Crippen LogP contribution >= 0.6 is 0 Å². The van der Waals surface area contributed by atoms with Crippen LogP contribution in [-0.4, -0.2) is 106 Å². The SMILES string of the molecule is CC(=O)NC(CC(=O)O)C(=O)NC(CC(=O)OC(C)(C)C)C(=O)NC(CC(=O)OC(C)(C)C)C(=O)NCCCCCCOc1ccc(CC2Nc3c(Cc4ccccc4)nc(-c4ccccc4)c[n+]3C2=O)cc1F. The fraction of sp³-hybridized carbons (Fsp3) is 0.444. The minimum atomic E-state index is -1.73. The van der Waals surface area contributed by atoms with E-state index in [1.165, 1.54) is 12.1 Å². The number of fused-ring (bicyclic) bond motifs is 1. The number of hydrogen-bond donors (Lipinski definition) is 6. The zero-order valence-electron chi connectivity index (χ0n) is 42.9. The number of ether oxygens (including phenoxy) is 3. The van der Waals surface area contributed by atoms with E-state index >= 15 is 4.39 Å². The van der Waals surface area contributed by atoms with Gasteiger partial charge < -0.3 is 40.6 Å². The minimum Gasteiger partial charge on any atom is -0.491 e. The molecule has 74 heavy (non-hydrogen) atoms. The molecule has 4 unspecified atom stereocenters. The van der Waals surface area contributed by atoms with Crippen LogP contribution in [0.25, 0.3) is 11.3 Å². The summed E-state index contributed by atoms with van der Waals surface area (Å²) >= 11 is 0. The molecule has 0 saturated carbocycles. The number of benzene rings is 3. The van der Waals surface area contributed by atoms with Gasteiger partial charge in [0.2, 0.25) is 23.6 Å². The molecule has 5 rings (SSSR count). The van der Waals surface area contributed by atoms with Gasteiger partial charge in [-0.2, -0.15) is 4.57 Å². The van der Waals surface area contributed by atoms with Crippen molar-refractivity contribution in [3.8, 4) is 17.0 Å². The lowest BCUT2D eigenvalue weighted by atomic mass is 10.1. The average molecular weight is 1030 g/mol. The largest absolute Gasteiger partial charge is 0.491 e. The molecule has 0 spiro atoms. The molecule has 0 aliphatic carbocycles. The van der Waals surface area contributed by atoms with Crippen molar-refractivity contribution in [2.24, 2.45) is 0 Å². The Morgan fingerprint density at radius 3 is 1.86 bits per heavy atom. The normalized spacial score (nSPS) is 14.3. The average Bonchev–Trinajstić information content (AvgIpc) is 3.62. The Kier molecular flexibility index (Phi) is 20.3. The first-order chi connectivity index (χ1) is 34.9. The summed E-state index contributed by atoms with van der Waals surface area (Å²) in [6.45, 7) is 11.0. The number of aliphatic carboxylic acids is 1. The van der Waals surface area contributed by atoms with E-state index in [2.05, 4.69) is 26.6 Å². The number of unbranched alkanes of at least 4 members (excludes halogenated alkanes) is 3. The molecule has 396 valence electrons. The van der Waals surface area contributed by atoms with E-state index in [1.54, 1.807) is 58.4 Å². The van der Waals surface area contributed by atoms with Crippen LogP contribution in [0.15, 0.2) is 85.1 Å². The number of rotatable bonds is 25. The maximum absolute atomic E-state index is 15.4. The Morgan fingerprint density at radius 1 is 0.730 bits per heavy atom. The summed E-state index contributed by atoms with van der Waals surface area (Å²) in [5, 5.41) is 22.2. The quantitative estimate of drug-likeness (QED) is 0.0293. The molecule has 1 aromatic heterocycles. The van der Waals surface area contributed by atoms with E-state index < -0.39 is 102 Å². The highest BCUT2D eigenvalue weighted by Gasteiger charge is 2.41. The predicted octanol–water partition coefficient (Wildman–Crippen LogP) is 4.91. The zero-order valence-corrected chi connectivity index (χ0v) is 42.9. The van der Waals surface area contributed by atoms with E-state index in [9.17, 15) is 43.5 Å². The summed E-state index contributed by atoms with van der Waals surface area (Å²) < 4.78 is 33.5. The summed E-state index contributed by atoms with van der Waals surface area (Å²) in [6, 6.07) is 18.6. The lowest BCUT2D eigenvalue weighted by Crippen LogP contribution is -2.58. The van der Waals surface area contributed by atoms with Gasteiger partial charge in [-0.25, -0.2) is 14.2 Å². The molecule has 0 radical (unpaired) electrons. The van der Waals surface area contributed by atoms with Gasteiger partial charge >= 0.3 is 29.6 Å². The summed E-state index contributed by atoms with van der Waals surface area (Å²) in [5.41, 5.74) is 1.95. The van der Waals surface area contributed by atoms with Crippen LogP contribution in [0.4, 0.5) is 10.2 Å². The van der Waals surface area contributed by atoms with Crippen molar-refractivity contribution in [2.45, 2.75) is 142 Å². The van der Waals surface area contributed by atoms with E-state index in [4.69, 9.17) is 19.2 Å². The third-order valence-electron chi connectivity index (χ3n) is 11.1. The first-order valence-corrected chi connectivity index (χ1v) is 24.5. The Labute approximate surface area is 429 Å². The Hall–Kier alpha value is -7.77. The topological polar surface area (TPSA) is 261 Å². The lowest BCUT2D eigenvalue weighted by Gasteiger charge is -2.26. The van der Waals surface area contributed by atoms with Gasteiger partial charge in [-0.15, -0.1) is 0 Å². The second-order valence-corrected chi connectivity index (χ2v) is 19.9. The van der Waals surface area contributed by atoms with Crippen molar-refractivity contribution in [1.82, 2.24) is 26.3 Å². The monoisotopic (exact) mass is 1020 g/mol. The molecule has 4 amide bonds. The van der Waals surface area contributed by atoms with E-state index in [1.807, 2.05) is 60.7 Å². The molecule has 4 atom stereocenters. The number of esters is 2. The molecule has 1 aliphatic heterocycles. The summed E-state index contributed by atoms with van der Waals surface area (Å²) in [6.07, 6.45) is 2.50. The van der Waals surface area contributed by atoms with E-state index in [0.717, 1.165) is 18.1 Å². The number of carbonyl (C=O) groups excluding carboxylic acids is 7. The third-order valence-corrected chi connectivity index (χ3v) is 11.1. The first kappa shape index (κ1) is 57.1. The number of nitrogens with zero attached hydrogens (tertiary/aromatic N) is 2. The number of carboxylic acid groups (broad SMARTS) is 1. The van der Waals surface area contributed by atoms with Crippen molar-refractivity contribution in [3.05, 3.63) is 108 Å². The predicted molar refractivity (Wildman–Crippen MR) is 269 cm³/mol. The molecule has 2 heterocycles. The van der Waals surface area contributed by atoms with Crippen LogP contribution in [0, 0.1) is 5.82 Å². The molecule has 6 N–H and O–H groups in total. The Balaban J connectivity index is 1.13. The highest BCUT2D eigenvalue weighted by Crippen LogP contribution is 2.26.